The van der Waals surface area contributed by atoms with Crippen molar-refractivity contribution in [3.8, 4) is 11.5 Å². The van der Waals surface area contributed by atoms with Gasteiger partial charge in [0.05, 0.1) is 15.8 Å². The smallest absolute Gasteiger partial charge is 0.341 e. The van der Waals surface area contributed by atoms with Crippen molar-refractivity contribution in [3.05, 3.63) is 43.3 Å². The molecule has 1 aromatic carbocycles. The lowest BCUT2D eigenvalue weighted by Crippen LogP contribution is -2.19. The number of thiazole rings is 1. The molecular weight excluding hydrogens is 306 g/mol. The molecule has 1 heterocycles. The van der Waals surface area contributed by atoms with Gasteiger partial charge in [0.2, 0.25) is 0 Å². The van der Waals surface area contributed by atoms with Gasteiger partial charge in [-0.3, -0.25) is 4.79 Å². The zero-order valence-electron chi connectivity index (χ0n) is 11.9. The molecule has 0 aliphatic carbocycles. The lowest BCUT2D eigenvalue weighted by atomic mass is 10.2. The van der Waals surface area contributed by atoms with Gasteiger partial charge in [0.15, 0.2) is 18.1 Å². The lowest BCUT2D eigenvalue weighted by molar-refractivity contribution is -0.139. The Bertz CT molecular complexity index is 836. The van der Waals surface area contributed by atoms with E-state index in [4.69, 9.17) is 14.6 Å². The van der Waals surface area contributed by atoms with Crippen molar-refractivity contribution >= 4 is 30.0 Å². The summed E-state index contributed by atoms with van der Waals surface area (Å²) in [7, 11) is 0. The average Bonchev–Trinajstić information content (AvgIpc) is 2.76. The van der Waals surface area contributed by atoms with Crippen LogP contribution in [-0.4, -0.2) is 29.3 Å². The number of carboxylic acids is 1. The van der Waals surface area contributed by atoms with Crippen molar-refractivity contribution in [1.29, 1.82) is 0 Å². The summed E-state index contributed by atoms with van der Waals surface area (Å²) >= 11 is 1.26. The van der Waals surface area contributed by atoms with E-state index in [1.165, 1.54) is 11.3 Å². The molecule has 0 atom stereocenters. The first kappa shape index (κ1) is 15.8. The molecule has 0 amide bonds. The molecule has 7 heteroatoms. The van der Waals surface area contributed by atoms with Crippen molar-refractivity contribution in [2.24, 2.45) is 0 Å². The number of aromatic nitrogens is 1. The number of aromatic amines is 1. The number of H-pyrrole nitrogens is 1. The number of hydrogen-bond donors (Lipinski definition) is 2. The quantitative estimate of drug-likeness (QED) is 0.810. The molecule has 22 heavy (non-hydrogen) atoms. The van der Waals surface area contributed by atoms with E-state index >= 15 is 0 Å². The number of benzene rings is 1. The zero-order chi connectivity index (χ0) is 16.1. The second kappa shape index (κ2) is 6.95. The number of nitrogens with one attached hydrogen (secondary N) is 1. The molecule has 0 saturated carbocycles. The van der Waals surface area contributed by atoms with E-state index in [9.17, 15) is 9.59 Å². The van der Waals surface area contributed by atoms with Crippen LogP contribution in [0, 0.1) is 0 Å². The van der Waals surface area contributed by atoms with E-state index < -0.39 is 12.6 Å². The third-order valence-corrected chi connectivity index (χ3v) is 3.50. The molecule has 2 N–H and O–H groups in total. The van der Waals surface area contributed by atoms with Gasteiger partial charge in [-0.2, -0.15) is 0 Å². The molecule has 0 spiro atoms. The lowest BCUT2D eigenvalue weighted by Gasteiger charge is -2.11. The highest BCUT2D eigenvalue weighted by Gasteiger charge is 2.08. The van der Waals surface area contributed by atoms with Gasteiger partial charge in [-0.25, -0.2) is 4.79 Å². The molecule has 0 saturated heterocycles. The maximum absolute atomic E-state index is 11.7. The van der Waals surface area contributed by atoms with E-state index in [1.54, 1.807) is 24.3 Å². The summed E-state index contributed by atoms with van der Waals surface area (Å²) in [5, 5.41) is 8.66. The van der Waals surface area contributed by atoms with Crippen LogP contribution in [0.4, 0.5) is 0 Å². The monoisotopic (exact) mass is 321 g/mol. The summed E-state index contributed by atoms with van der Waals surface area (Å²) in [5.74, 6) is -0.286. The van der Waals surface area contributed by atoms with E-state index in [0.717, 1.165) is 5.56 Å². The molecule has 116 valence electrons. The van der Waals surface area contributed by atoms with Crippen LogP contribution >= 0.6 is 11.3 Å². The van der Waals surface area contributed by atoms with Crippen LogP contribution in [0.1, 0.15) is 12.5 Å². The third-order valence-electron chi connectivity index (χ3n) is 2.63. The minimum absolute atomic E-state index is 0.195. The largest absolute Gasteiger partial charge is 0.490 e. The fourth-order valence-electron chi connectivity index (χ4n) is 1.78. The zero-order valence-corrected chi connectivity index (χ0v) is 12.7. The minimum Gasteiger partial charge on any atom is -0.490 e. The van der Waals surface area contributed by atoms with Gasteiger partial charge in [-0.05, 0) is 30.7 Å². The molecule has 1 aromatic heterocycles. The Hall–Kier alpha value is -2.54. The van der Waals surface area contributed by atoms with Crippen LogP contribution in [0.3, 0.4) is 0 Å². The molecule has 0 aliphatic heterocycles. The third kappa shape index (κ3) is 3.98. The molecule has 0 radical (unpaired) electrons. The van der Waals surface area contributed by atoms with Crippen LogP contribution in [0.25, 0.3) is 12.7 Å². The molecule has 6 nitrogen and oxygen atoms in total. The van der Waals surface area contributed by atoms with Crippen molar-refractivity contribution in [3.63, 3.8) is 0 Å². The number of rotatable bonds is 6. The number of hydrogen-bond acceptors (Lipinski definition) is 5. The molecular formula is C15H15NO5S. The molecule has 0 unspecified atom stereocenters. The van der Waals surface area contributed by atoms with E-state index in [0.29, 0.717) is 27.3 Å². The van der Waals surface area contributed by atoms with Crippen molar-refractivity contribution in [2.75, 3.05) is 13.2 Å². The van der Waals surface area contributed by atoms with Crippen molar-refractivity contribution in [1.82, 2.24) is 4.98 Å². The van der Waals surface area contributed by atoms with Gasteiger partial charge >= 0.3 is 5.97 Å². The number of aliphatic carboxylic acids is 1. The molecule has 0 bridgehead atoms. The van der Waals surface area contributed by atoms with Gasteiger partial charge in [0.25, 0.3) is 5.56 Å². The Morgan fingerprint density at radius 2 is 2.18 bits per heavy atom. The molecule has 2 aromatic rings. The predicted molar refractivity (Wildman–Crippen MR) is 84.0 cm³/mol. The van der Waals surface area contributed by atoms with E-state index in [1.807, 2.05) is 6.92 Å². The van der Waals surface area contributed by atoms with E-state index in [2.05, 4.69) is 11.6 Å². The first-order valence-electron chi connectivity index (χ1n) is 6.51. The standard InChI is InChI=1S/C15H15NO5S/c1-3-20-12-6-10(4-5-11(12)21-8-14(17)18)7-13-15(19)16-9(2)22-13/h4-7H,2-3,8H2,1H3,(H,16,19)(H,17,18). The topological polar surface area (TPSA) is 88.6 Å². The number of ether oxygens (including phenoxy) is 2. The van der Waals surface area contributed by atoms with Crippen LogP contribution < -0.4 is 24.2 Å². The second-order valence-electron chi connectivity index (χ2n) is 4.31. The maximum Gasteiger partial charge on any atom is 0.341 e. The average molecular weight is 321 g/mol. The van der Waals surface area contributed by atoms with Crippen molar-refractivity contribution in [2.45, 2.75) is 6.92 Å². The molecule has 0 fully saturated rings. The fraction of sp³-hybridized carbons (Fsp3) is 0.200. The fourth-order valence-corrected chi connectivity index (χ4v) is 2.53. The Labute approximate surface area is 130 Å². The highest BCUT2D eigenvalue weighted by molar-refractivity contribution is 7.07. The van der Waals surface area contributed by atoms with Gasteiger partial charge in [-0.15, -0.1) is 11.3 Å². The predicted octanol–water partition coefficient (Wildman–Crippen LogP) is 0.538. The number of carbonyl (C=O) groups is 1. The summed E-state index contributed by atoms with van der Waals surface area (Å²) in [4.78, 5) is 24.8. The summed E-state index contributed by atoms with van der Waals surface area (Å²) < 4.78 is 11.7. The summed E-state index contributed by atoms with van der Waals surface area (Å²) in [6.07, 6.45) is 1.71. The van der Waals surface area contributed by atoms with Gasteiger partial charge in [0.1, 0.15) is 0 Å². The van der Waals surface area contributed by atoms with Crippen LogP contribution in [0.5, 0.6) is 11.5 Å². The first-order chi connectivity index (χ1) is 10.5. The Balaban J connectivity index is 2.38. The normalized spacial score (nSPS) is 11.4. The van der Waals surface area contributed by atoms with Gasteiger partial charge < -0.3 is 19.6 Å². The summed E-state index contributed by atoms with van der Waals surface area (Å²) in [6.45, 7) is 5.47. The number of carboxylic acid groups (broad SMARTS) is 1. The first-order valence-corrected chi connectivity index (χ1v) is 7.32. The van der Waals surface area contributed by atoms with Gasteiger partial charge in [-0.1, -0.05) is 12.6 Å². The van der Waals surface area contributed by atoms with E-state index in [-0.39, 0.29) is 5.56 Å². The highest BCUT2D eigenvalue weighted by atomic mass is 32.1. The second-order valence-corrected chi connectivity index (χ2v) is 5.45. The highest BCUT2D eigenvalue weighted by Crippen LogP contribution is 2.28. The maximum atomic E-state index is 11.7. The minimum atomic E-state index is -1.06. The van der Waals surface area contributed by atoms with Crippen LogP contribution in [-0.2, 0) is 4.79 Å². The van der Waals surface area contributed by atoms with Gasteiger partial charge in [0, 0.05) is 0 Å². The van der Waals surface area contributed by atoms with Crippen molar-refractivity contribution < 1.29 is 19.4 Å². The summed E-state index contributed by atoms with van der Waals surface area (Å²) in [6, 6.07) is 5.04. The molecule has 0 aliphatic rings. The Morgan fingerprint density at radius 3 is 2.77 bits per heavy atom. The van der Waals surface area contributed by atoms with Crippen LogP contribution in [0.15, 0.2) is 23.0 Å². The Kier molecular flexibility index (Phi) is 5.00. The Morgan fingerprint density at radius 1 is 1.41 bits per heavy atom. The SMILES string of the molecule is C=c1[nH]c(=O)c(=Cc2ccc(OCC(=O)O)c(OCC)c2)s1. The molecule has 2 rings (SSSR count). The van der Waals surface area contributed by atoms with Crippen LogP contribution in [0.2, 0.25) is 0 Å². The summed E-state index contributed by atoms with van der Waals surface area (Å²) in [5.41, 5.74) is 0.553.